The van der Waals surface area contributed by atoms with Gasteiger partial charge in [0.25, 0.3) is 0 Å². The summed E-state index contributed by atoms with van der Waals surface area (Å²) in [4.78, 5) is 4.57. The van der Waals surface area contributed by atoms with Crippen LogP contribution in [-0.4, -0.2) is 10.7 Å². The van der Waals surface area contributed by atoms with Crippen LogP contribution in [-0.2, 0) is 0 Å². The largest absolute Gasteiger partial charge is 0.240 e. The van der Waals surface area contributed by atoms with E-state index in [1.807, 2.05) is 19.1 Å². The molecule has 0 aliphatic rings. The fourth-order valence-electron chi connectivity index (χ4n) is 1.67. The van der Waals surface area contributed by atoms with Crippen LogP contribution < -0.4 is 0 Å². The molecule has 0 N–H and O–H groups in total. The van der Waals surface area contributed by atoms with Crippen LogP contribution in [0.1, 0.15) is 24.5 Å². The summed E-state index contributed by atoms with van der Waals surface area (Å²) in [5.74, 6) is 0.999. The van der Waals surface area contributed by atoms with E-state index in [9.17, 15) is 0 Å². The maximum atomic E-state index is 9.14. The number of pyridine rings is 1. The van der Waals surface area contributed by atoms with Crippen LogP contribution in [0.2, 0.25) is 0 Å². The normalized spacial score (nSPS) is 10.4. The number of hydrogen-bond acceptors (Lipinski definition) is 3. The van der Waals surface area contributed by atoms with Crippen LogP contribution in [0.4, 0.5) is 0 Å². The van der Waals surface area contributed by atoms with E-state index in [2.05, 4.69) is 30.1 Å². The first-order valence-corrected chi connectivity index (χ1v) is 6.67. The lowest BCUT2D eigenvalue weighted by molar-refractivity contribution is 1.09. The van der Waals surface area contributed by atoms with Crippen molar-refractivity contribution >= 4 is 22.7 Å². The van der Waals surface area contributed by atoms with Crippen molar-refractivity contribution in [2.45, 2.75) is 25.3 Å². The first-order valence-electron chi connectivity index (χ1n) is 5.69. The predicted octanol–water partition coefficient (Wildman–Crippen LogP) is 3.92. The van der Waals surface area contributed by atoms with Crippen LogP contribution in [0.5, 0.6) is 0 Å². The fraction of sp³-hybridized carbons (Fsp3) is 0.286. The van der Waals surface area contributed by atoms with Crippen molar-refractivity contribution in [3.8, 4) is 6.07 Å². The highest BCUT2D eigenvalue weighted by Crippen LogP contribution is 2.25. The average Bonchev–Trinajstić information content (AvgIpc) is 2.35. The third-order valence-corrected chi connectivity index (χ3v) is 3.70. The number of fused-ring (bicyclic) bond motifs is 1. The molecule has 0 fully saturated rings. The fourth-order valence-corrected chi connectivity index (χ4v) is 2.49. The van der Waals surface area contributed by atoms with Gasteiger partial charge in [-0.3, -0.25) is 0 Å². The van der Waals surface area contributed by atoms with Gasteiger partial charge in [0, 0.05) is 5.39 Å². The molecule has 1 aromatic carbocycles. The first-order chi connectivity index (χ1) is 8.24. The summed E-state index contributed by atoms with van der Waals surface area (Å²) in [6.07, 6.45) is 1.09. The van der Waals surface area contributed by atoms with Gasteiger partial charge in [0.2, 0.25) is 0 Å². The SMILES string of the molecule is CCCSc1nc2ccc(C)cc2cc1C#N. The highest BCUT2D eigenvalue weighted by atomic mass is 32.2. The Morgan fingerprint density at radius 2 is 2.18 bits per heavy atom. The molecule has 1 heterocycles. The molecule has 0 unspecified atom stereocenters. The Labute approximate surface area is 106 Å². The third kappa shape index (κ3) is 2.59. The molecule has 0 amide bonds. The van der Waals surface area contributed by atoms with Gasteiger partial charge < -0.3 is 0 Å². The summed E-state index contributed by atoms with van der Waals surface area (Å²) in [5, 5.41) is 11.0. The number of thioether (sulfide) groups is 1. The lowest BCUT2D eigenvalue weighted by atomic mass is 10.1. The lowest BCUT2D eigenvalue weighted by Crippen LogP contribution is -1.90. The van der Waals surface area contributed by atoms with Gasteiger partial charge in [0.05, 0.1) is 11.1 Å². The molecule has 0 aliphatic heterocycles. The molecule has 0 saturated carbocycles. The molecule has 0 spiro atoms. The van der Waals surface area contributed by atoms with Crippen LogP contribution in [0, 0.1) is 18.3 Å². The minimum Gasteiger partial charge on any atom is -0.240 e. The van der Waals surface area contributed by atoms with Gasteiger partial charge in [-0.25, -0.2) is 4.98 Å². The Bertz CT molecular complexity index is 585. The summed E-state index contributed by atoms with van der Waals surface area (Å²) in [6, 6.07) is 10.3. The second kappa shape index (κ2) is 5.20. The highest BCUT2D eigenvalue weighted by Gasteiger charge is 2.06. The van der Waals surface area contributed by atoms with Crippen molar-refractivity contribution in [2.75, 3.05) is 5.75 Å². The van der Waals surface area contributed by atoms with E-state index >= 15 is 0 Å². The topological polar surface area (TPSA) is 36.7 Å². The molecule has 86 valence electrons. The van der Waals surface area contributed by atoms with Crippen LogP contribution >= 0.6 is 11.8 Å². The molecule has 0 radical (unpaired) electrons. The quantitative estimate of drug-likeness (QED) is 0.765. The van der Waals surface area contributed by atoms with Crippen molar-refractivity contribution in [1.82, 2.24) is 4.98 Å². The van der Waals surface area contributed by atoms with Gasteiger partial charge in [-0.05, 0) is 37.3 Å². The second-order valence-corrected chi connectivity index (χ2v) is 5.08. The maximum absolute atomic E-state index is 9.14. The van der Waals surface area contributed by atoms with E-state index in [0.717, 1.165) is 28.1 Å². The van der Waals surface area contributed by atoms with Gasteiger partial charge in [-0.15, -0.1) is 11.8 Å². The second-order valence-electron chi connectivity index (χ2n) is 4.00. The molecule has 0 aliphatic carbocycles. The Morgan fingerprint density at radius 1 is 1.35 bits per heavy atom. The molecule has 17 heavy (non-hydrogen) atoms. The highest BCUT2D eigenvalue weighted by molar-refractivity contribution is 7.99. The van der Waals surface area contributed by atoms with Gasteiger partial charge in [0.1, 0.15) is 11.1 Å². The molecule has 3 heteroatoms. The monoisotopic (exact) mass is 242 g/mol. The van der Waals surface area contributed by atoms with Crippen molar-refractivity contribution in [3.05, 3.63) is 35.4 Å². The lowest BCUT2D eigenvalue weighted by Gasteiger charge is -2.05. The zero-order valence-corrected chi connectivity index (χ0v) is 10.8. The Balaban J connectivity index is 2.53. The van der Waals surface area contributed by atoms with E-state index < -0.39 is 0 Å². The van der Waals surface area contributed by atoms with Crippen LogP contribution in [0.25, 0.3) is 10.9 Å². The molecule has 0 atom stereocenters. The standard InChI is InChI=1S/C14H14N2S/c1-3-6-17-14-12(9-15)8-11-7-10(2)4-5-13(11)16-14/h4-5,7-8H,3,6H2,1-2H3. The van der Waals surface area contributed by atoms with E-state index in [0.29, 0.717) is 5.56 Å². The van der Waals surface area contributed by atoms with E-state index in [1.165, 1.54) is 5.56 Å². The molecule has 2 aromatic rings. The smallest absolute Gasteiger partial charge is 0.115 e. The molecule has 2 nitrogen and oxygen atoms in total. The molecule has 1 aromatic heterocycles. The van der Waals surface area contributed by atoms with E-state index in [4.69, 9.17) is 5.26 Å². The zero-order valence-electron chi connectivity index (χ0n) is 10.0. The number of hydrogen-bond donors (Lipinski definition) is 0. The summed E-state index contributed by atoms with van der Waals surface area (Å²) in [7, 11) is 0. The minimum atomic E-state index is 0.682. The zero-order chi connectivity index (χ0) is 12.3. The number of nitriles is 1. The number of aryl methyl sites for hydroxylation is 1. The molecular weight excluding hydrogens is 228 g/mol. The summed E-state index contributed by atoms with van der Waals surface area (Å²) < 4.78 is 0. The van der Waals surface area contributed by atoms with Crippen molar-refractivity contribution in [3.63, 3.8) is 0 Å². The van der Waals surface area contributed by atoms with Gasteiger partial charge in [0.15, 0.2) is 0 Å². The number of benzene rings is 1. The average molecular weight is 242 g/mol. The summed E-state index contributed by atoms with van der Waals surface area (Å²) in [6.45, 7) is 4.18. The van der Waals surface area contributed by atoms with Crippen molar-refractivity contribution in [1.29, 1.82) is 5.26 Å². The first kappa shape index (κ1) is 11.9. The Morgan fingerprint density at radius 3 is 2.88 bits per heavy atom. The summed E-state index contributed by atoms with van der Waals surface area (Å²) >= 11 is 1.66. The molecule has 0 bridgehead atoms. The van der Waals surface area contributed by atoms with Gasteiger partial charge in [-0.1, -0.05) is 18.6 Å². The molecular formula is C14H14N2S. The van der Waals surface area contributed by atoms with Crippen LogP contribution in [0.15, 0.2) is 29.3 Å². The van der Waals surface area contributed by atoms with Crippen molar-refractivity contribution < 1.29 is 0 Å². The predicted molar refractivity (Wildman–Crippen MR) is 72.2 cm³/mol. The molecule has 2 rings (SSSR count). The Kier molecular flexibility index (Phi) is 3.65. The van der Waals surface area contributed by atoms with Gasteiger partial charge >= 0.3 is 0 Å². The number of nitrogens with zero attached hydrogens (tertiary/aromatic N) is 2. The minimum absolute atomic E-state index is 0.682. The summed E-state index contributed by atoms with van der Waals surface area (Å²) in [5.41, 5.74) is 2.84. The van der Waals surface area contributed by atoms with Gasteiger partial charge in [-0.2, -0.15) is 5.26 Å². The van der Waals surface area contributed by atoms with E-state index in [1.54, 1.807) is 11.8 Å². The van der Waals surface area contributed by atoms with Crippen molar-refractivity contribution in [2.24, 2.45) is 0 Å². The Hall–Kier alpha value is -1.53. The van der Waals surface area contributed by atoms with Crippen LogP contribution in [0.3, 0.4) is 0 Å². The third-order valence-electron chi connectivity index (χ3n) is 2.50. The van der Waals surface area contributed by atoms with E-state index in [-0.39, 0.29) is 0 Å². The number of rotatable bonds is 3. The maximum Gasteiger partial charge on any atom is 0.115 e. The molecule has 0 saturated heterocycles. The number of aromatic nitrogens is 1.